The van der Waals surface area contributed by atoms with Gasteiger partial charge in [0.1, 0.15) is 17.9 Å². The molecule has 8 heteroatoms. The Balaban J connectivity index is 0.000000621. The molecule has 0 heterocycles. The van der Waals surface area contributed by atoms with Crippen LogP contribution in [0.5, 0.6) is 5.75 Å². The number of hydrogen-bond donors (Lipinski definition) is 1. The van der Waals surface area contributed by atoms with Gasteiger partial charge in [0.25, 0.3) is 0 Å². The molecule has 0 amide bonds. The summed E-state index contributed by atoms with van der Waals surface area (Å²) >= 11 is 0. The number of hydrogen-bond acceptors (Lipinski definition) is 7. The second-order valence-corrected chi connectivity index (χ2v) is 5.31. The van der Waals surface area contributed by atoms with Gasteiger partial charge in [-0.3, -0.25) is 4.79 Å². The Hall–Kier alpha value is -3.91. The number of carbonyl (C=O) groups is 3. The van der Waals surface area contributed by atoms with E-state index in [2.05, 4.69) is 11.3 Å². The zero-order chi connectivity index (χ0) is 21.7. The Morgan fingerprint density at radius 2 is 1.89 bits per heavy atom. The highest BCUT2D eigenvalue weighted by Crippen LogP contribution is 2.23. The average molecular weight is 384 g/mol. The summed E-state index contributed by atoms with van der Waals surface area (Å²) in [6.45, 7) is 6.27. The van der Waals surface area contributed by atoms with Gasteiger partial charge in [0.2, 0.25) is 0 Å². The van der Waals surface area contributed by atoms with Gasteiger partial charge in [-0.15, -0.1) is 0 Å². The van der Waals surface area contributed by atoms with E-state index >= 15 is 0 Å². The fraction of sp³-hybridized carbons (Fsp3) is 0.250. The summed E-state index contributed by atoms with van der Waals surface area (Å²) in [5, 5.41) is 25.7. The third kappa shape index (κ3) is 8.45. The zero-order valence-corrected chi connectivity index (χ0v) is 15.8. The molecule has 1 rings (SSSR count). The van der Waals surface area contributed by atoms with Crippen molar-refractivity contribution in [3.05, 3.63) is 47.1 Å². The number of carboxylic acid groups (broad SMARTS) is 1. The number of aliphatic carboxylic acids is 1. The Kier molecular flexibility index (Phi) is 10.7. The molecule has 0 aliphatic rings. The van der Waals surface area contributed by atoms with Crippen molar-refractivity contribution in [2.24, 2.45) is 0 Å². The molecule has 0 fully saturated rings. The van der Waals surface area contributed by atoms with Crippen molar-refractivity contribution in [1.82, 2.24) is 0 Å². The van der Waals surface area contributed by atoms with Crippen LogP contribution < -0.4 is 4.74 Å². The monoisotopic (exact) mass is 384 g/mol. The van der Waals surface area contributed by atoms with Crippen molar-refractivity contribution in [2.45, 2.75) is 20.3 Å². The molecule has 0 saturated carbocycles. The van der Waals surface area contributed by atoms with Crippen LogP contribution in [-0.2, 0) is 19.1 Å². The minimum Gasteiger partial charge on any atom is -0.496 e. The predicted octanol–water partition coefficient (Wildman–Crippen LogP) is 2.64. The quantitative estimate of drug-likeness (QED) is 0.249. The second-order valence-electron chi connectivity index (χ2n) is 5.31. The lowest BCUT2D eigenvalue weighted by molar-refractivity contribution is -0.139. The molecule has 0 bridgehead atoms. The van der Waals surface area contributed by atoms with Crippen LogP contribution in [0.3, 0.4) is 0 Å². The maximum atomic E-state index is 11.2. The molecule has 1 N–H and O–H groups in total. The van der Waals surface area contributed by atoms with Crippen LogP contribution in [0, 0.1) is 22.7 Å². The van der Waals surface area contributed by atoms with Gasteiger partial charge in [-0.05, 0) is 38.1 Å². The Morgan fingerprint density at radius 1 is 1.25 bits per heavy atom. The maximum Gasteiger partial charge on any atom is 0.339 e. The minimum atomic E-state index is -1.30. The fourth-order valence-corrected chi connectivity index (χ4v) is 1.68. The molecule has 0 aliphatic heterocycles. The fourth-order valence-electron chi connectivity index (χ4n) is 1.68. The van der Waals surface area contributed by atoms with Crippen molar-refractivity contribution in [1.29, 1.82) is 10.5 Å². The maximum absolute atomic E-state index is 11.2. The van der Waals surface area contributed by atoms with Crippen molar-refractivity contribution >= 4 is 23.8 Å². The van der Waals surface area contributed by atoms with E-state index in [0.717, 1.165) is 0 Å². The molecule has 0 radical (unpaired) electrons. The van der Waals surface area contributed by atoms with Gasteiger partial charge in [0, 0.05) is 11.1 Å². The first-order chi connectivity index (χ1) is 13.2. The molecule has 0 aliphatic carbocycles. The Bertz CT molecular complexity index is 856. The van der Waals surface area contributed by atoms with E-state index in [-0.39, 0.29) is 18.6 Å². The number of benzene rings is 1. The summed E-state index contributed by atoms with van der Waals surface area (Å²) in [5.41, 5.74) is 0.851. The molecule has 146 valence electrons. The van der Waals surface area contributed by atoms with Gasteiger partial charge in [-0.25, -0.2) is 9.59 Å². The molecular formula is C20H20N2O6. The lowest BCUT2D eigenvalue weighted by atomic mass is 10.1. The number of nitriles is 2. The number of carboxylic acids is 1. The van der Waals surface area contributed by atoms with E-state index in [4.69, 9.17) is 20.4 Å². The summed E-state index contributed by atoms with van der Waals surface area (Å²) in [4.78, 5) is 32.6. The van der Waals surface area contributed by atoms with Gasteiger partial charge in [0.05, 0.1) is 31.2 Å². The molecule has 1 aromatic carbocycles. The highest BCUT2D eigenvalue weighted by Gasteiger charge is 2.14. The van der Waals surface area contributed by atoms with E-state index in [0.29, 0.717) is 22.4 Å². The smallest absolute Gasteiger partial charge is 0.339 e. The SMILES string of the molecule is C=C(C)C(=O)OCCC#N.COc1cc(C#N)ccc1C=C(C(C)=O)C(=O)O. The number of esters is 1. The molecule has 1 aromatic rings. The molecule has 0 spiro atoms. The summed E-state index contributed by atoms with van der Waals surface area (Å²) in [5.74, 6) is -1.94. The standard InChI is InChI=1S/C13H11NO4.C7H9NO2/c1-8(15)11(13(16)17)6-10-4-3-9(7-14)5-12(10)18-2;1-6(2)7(9)10-5-3-4-8/h3-6H,1-2H3,(H,16,17);1,3,5H2,2H3. The van der Waals surface area contributed by atoms with E-state index in [9.17, 15) is 14.4 Å². The van der Waals surface area contributed by atoms with Crippen molar-refractivity contribution < 1.29 is 29.0 Å². The molecule has 0 unspecified atom stereocenters. The molecule has 28 heavy (non-hydrogen) atoms. The number of ether oxygens (including phenoxy) is 2. The number of rotatable bonds is 7. The first-order valence-corrected chi connectivity index (χ1v) is 7.91. The van der Waals surface area contributed by atoms with Gasteiger partial charge >= 0.3 is 11.9 Å². The van der Waals surface area contributed by atoms with Gasteiger partial charge < -0.3 is 14.6 Å². The lowest BCUT2D eigenvalue weighted by Crippen LogP contribution is -2.08. The second kappa shape index (κ2) is 12.4. The van der Waals surface area contributed by atoms with E-state index in [1.807, 2.05) is 12.1 Å². The Labute approximate surface area is 162 Å². The van der Waals surface area contributed by atoms with E-state index in [1.165, 1.54) is 38.3 Å². The predicted molar refractivity (Wildman–Crippen MR) is 100 cm³/mol. The number of ketones is 1. The van der Waals surface area contributed by atoms with Crippen LogP contribution in [0.1, 0.15) is 31.4 Å². The molecule has 0 atom stereocenters. The first-order valence-electron chi connectivity index (χ1n) is 7.91. The molecular weight excluding hydrogens is 364 g/mol. The first kappa shape index (κ1) is 24.1. The zero-order valence-electron chi connectivity index (χ0n) is 15.8. The van der Waals surface area contributed by atoms with Crippen molar-refractivity contribution in [3.8, 4) is 17.9 Å². The average Bonchev–Trinajstić information content (AvgIpc) is 2.65. The molecule has 0 aromatic heterocycles. The van der Waals surface area contributed by atoms with Crippen LogP contribution in [0.2, 0.25) is 0 Å². The van der Waals surface area contributed by atoms with Gasteiger partial charge in [-0.1, -0.05) is 6.58 Å². The third-order valence-corrected chi connectivity index (χ3v) is 3.07. The lowest BCUT2D eigenvalue weighted by Gasteiger charge is -2.06. The largest absolute Gasteiger partial charge is 0.496 e. The van der Waals surface area contributed by atoms with Crippen LogP contribution in [0.15, 0.2) is 35.9 Å². The molecule has 8 nitrogen and oxygen atoms in total. The number of methoxy groups -OCH3 is 1. The number of nitrogens with zero attached hydrogens (tertiary/aromatic N) is 2. The summed E-state index contributed by atoms with van der Waals surface area (Å²) < 4.78 is 9.63. The highest BCUT2D eigenvalue weighted by molar-refractivity contribution is 6.19. The molecule has 0 saturated heterocycles. The summed E-state index contributed by atoms with van der Waals surface area (Å²) in [6.07, 6.45) is 1.46. The number of carbonyl (C=O) groups excluding carboxylic acids is 2. The van der Waals surface area contributed by atoms with Crippen LogP contribution in [0.4, 0.5) is 0 Å². The number of Topliss-reactive ketones (excluding diaryl/α,β-unsaturated/α-hetero) is 1. The van der Waals surface area contributed by atoms with E-state index < -0.39 is 17.7 Å². The van der Waals surface area contributed by atoms with Crippen LogP contribution in [-0.4, -0.2) is 36.5 Å². The van der Waals surface area contributed by atoms with Crippen LogP contribution >= 0.6 is 0 Å². The topological polar surface area (TPSA) is 137 Å². The van der Waals surface area contributed by atoms with Gasteiger partial charge in [0.15, 0.2) is 5.78 Å². The Morgan fingerprint density at radius 3 is 2.32 bits per heavy atom. The van der Waals surface area contributed by atoms with E-state index in [1.54, 1.807) is 6.92 Å². The summed E-state index contributed by atoms with van der Waals surface area (Å²) in [6, 6.07) is 8.33. The summed E-state index contributed by atoms with van der Waals surface area (Å²) in [7, 11) is 1.40. The highest BCUT2D eigenvalue weighted by atomic mass is 16.5. The van der Waals surface area contributed by atoms with Crippen LogP contribution in [0.25, 0.3) is 6.08 Å². The normalized spacial score (nSPS) is 9.68. The minimum absolute atomic E-state index is 0.155. The van der Waals surface area contributed by atoms with Gasteiger partial charge in [-0.2, -0.15) is 10.5 Å². The van der Waals surface area contributed by atoms with Crippen molar-refractivity contribution in [2.75, 3.05) is 13.7 Å². The van der Waals surface area contributed by atoms with Crippen molar-refractivity contribution in [3.63, 3.8) is 0 Å². The third-order valence-electron chi connectivity index (χ3n) is 3.07.